The van der Waals surface area contributed by atoms with Crippen molar-refractivity contribution in [3.63, 3.8) is 0 Å². The van der Waals surface area contributed by atoms with Crippen molar-refractivity contribution in [2.75, 3.05) is 34.9 Å². The Morgan fingerprint density at radius 3 is 2.26 bits per heavy atom. The van der Waals surface area contributed by atoms with Crippen molar-refractivity contribution in [3.05, 3.63) is 24.3 Å². The molecular weight excluding hydrogens is 654 g/mol. The van der Waals surface area contributed by atoms with Crippen molar-refractivity contribution in [2.45, 2.75) is 152 Å². The number of methoxy groups -OCH3 is 2. The van der Waals surface area contributed by atoms with Gasteiger partial charge in [0.2, 0.25) is 0 Å². The zero-order valence-electron chi connectivity index (χ0n) is 31.2. The summed E-state index contributed by atoms with van der Waals surface area (Å²) in [6.07, 6.45) is -2.22. The fourth-order valence-electron chi connectivity index (χ4n) is 7.33. The van der Waals surface area contributed by atoms with Crippen LogP contribution in [0, 0.1) is 11.8 Å². The predicted octanol–water partition coefficient (Wildman–Crippen LogP) is 1.29. The smallest absolute Gasteiger partial charge is 0.308 e. The molecule has 16 atom stereocenters. The highest BCUT2D eigenvalue weighted by Crippen LogP contribution is 2.37. The highest BCUT2D eigenvalue weighted by atomic mass is 16.7. The minimum absolute atomic E-state index is 0.00740. The average Bonchev–Trinajstić information content (AvgIpc) is 3.03. The second kappa shape index (κ2) is 19.5. The van der Waals surface area contributed by atoms with E-state index in [2.05, 4.69) is 0 Å². The molecule has 3 aliphatic rings. The summed E-state index contributed by atoms with van der Waals surface area (Å²) in [4.78, 5) is 14.9. The monoisotopic (exact) mass is 717 g/mol. The van der Waals surface area contributed by atoms with Crippen molar-refractivity contribution in [1.82, 2.24) is 4.90 Å². The van der Waals surface area contributed by atoms with Crippen LogP contribution < -0.4 is 0 Å². The van der Waals surface area contributed by atoms with E-state index in [1.54, 1.807) is 58.0 Å². The number of aliphatic hydroxyl groups excluding tert-OH is 4. The molecule has 3 rings (SSSR count). The molecule has 0 amide bonds. The summed E-state index contributed by atoms with van der Waals surface area (Å²) >= 11 is 0. The summed E-state index contributed by atoms with van der Waals surface area (Å²) in [5, 5.41) is 54.3. The molecule has 2 saturated heterocycles. The van der Waals surface area contributed by atoms with Gasteiger partial charge in [0, 0.05) is 33.7 Å². The summed E-state index contributed by atoms with van der Waals surface area (Å²) in [6.45, 7) is 8.47. The van der Waals surface area contributed by atoms with Crippen LogP contribution in [-0.4, -0.2) is 157 Å². The normalized spacial score (nSPS) is 44.3. The number of hydrogen-bond donors (Lipinski definition) is 5. The fourth-order valence-corrected chi connectivity index (χ4v) is 7.33. The van der Waals surface area contributed by atoms with Crippen molar-refractivity contribution < 1.29 is 63.5 Å². The summed E-state index contributed by atoms with van der Waals surface area (Å²) in [7, 11) is 6.53. The third kappa shape index (κ3) is 11.2. The van der Waals surface area contributed by atoms with Gasteiger partial charge in [-0.05, 0) is 66.5 Å². The Balaban J connectivity index is 1.97. The number of ether oxygens (including phenoxy) is 7. The molecule has 0 aliphatic carbocycles. The number of nitrogens with zero attached hydrogens (tertiary/aromatic N) is 1. The third-order valence-electron chi connectivity index (χ3n) is 10.2. The third-order valence-corrected chi connectivity index (χ3v) is 10.2. The van der Waals surface area contributed by atoms with Gasteiger partial charge in [0.15, 0.2) is 12.6 Å². The van der Waals surface area contributed by atoms with Crippen LogP contribution in [0.1, 0.15) is 66.7 Å². The van der Waals surface area contributed by atoms with E-state index >= 15 is 0 Å². The van der Waals surface area contributed by atoms with Gasteiger partial charge in [-0.25, -0.2) is 0 Å². The molecule has 14 nitrogen and oxygen atoms in total. The summed E-state index contributed by atoms with van der Waals surface area (Å²) in [5.41, 5.74) is -1.44. The lowest BCUT2D eigenvalue weighted by molar-refractivity contribution is -0.344. The van der Waals surface area contributed by atoms with E-state index in [0.29, 0.717) is 12.8 Å². The number of allylic oxidation sites excluding steroid dienone is 2. The van der Waals surface area contributed by atoms with Crippen LogP contribution >= 0.6 is 0 Å². The van der Waals surface area contributed by atoms with Gasteiger partial charge in [-0.2, -0.15) is 0 Å². The first-order valence-electron chi connectivity index (χ1n) is 17.8. The maximum Gasteiger partial charge on any atom is 0.308 e. The van der Waals surface area contributed by atoms with Crippen LogP contribution in [0.15, 0.2) is 24.3 Å². The summed E-state index contributed by atoms with van der Waals surface area (Å²) < 4.78 is 42.7. The lowest BCUT2D eigenvalue weighted by atomic mass is 9.82. The van der Waals surface area contributed by atoms with Crippen LogP contribution in [0.3, 0.4) is 0 Å². The van der Waals surface area contributed by atoms with Gasteiger partial charge in [-0.3, -0.25) is 4.79 Å². The van der Waals surface area contributed by atoms with E-state index in [1.807, 2.05) is 13.0 Å². The van der Waals surface area contributed by atoms with Crippen LogP contribution in [-0.2, 0) is 38.0 Å². The van der Waals surface area contributed by atoms with Crippen molar-refractivity contribution in [2.24, 2.45) is 11.8 Å². The maximum atomic E-state index is 13.1. The minimum Gasteiger partial charge on any atom is -0.462 e. The Morgan fingerprint density at radius 1 is 0.960 bits per heavy atom. The number of cyclic esters (lactones) is 1. The van der Waals surface area contributed by atoms with Crippen LogP contribution in [0.25, 0.3) is 0 Å². The zero-order chi connectivity index (χ0) is 37.3. The first-order chi connectivity index (χ1) is 23.5. The molecule has 0 bridgehead atoms. The molecule has 0 aromatic carbocycles. The fraction of sp³-hybridized carbons (Fsp3) is 0.861. The highest BCUT2D eigenvalue weighted by Gasteiger charge is 2.51. The number of carbonyl (C=O) groups is 1. The first-order valence-corrected chi connectivity index (χ1v) is 17.8. The molecule has 5 N–H and O–H groups in total. The molecule has 2 fully saturated rings. The Hall–Kier alpha value is -1.53. The van der Waals surface area contributed by atoms with E-state index in [9.17, 15) is 30.3 Å². The van der Waals surface area contributed by atoms with E-state index < -0.39 is 97.1 Å². The van der Waals surface area contributed by atoms with Gasteiger partial charge in [-0.1, -0.05) is 31.2 Å². The molecule has 14 heteroatoms. The second-order valence-electron chi connectivity index (χ2n) is 14.6. The maximum absolute atomic E-state index is 13.1. The molecule has 0 saturated carbocycles. The molecule has 3 heterocycles. The number of hydrogen-bond acceptors (Lipinski definition) is 14. The number of carbonyl (C=O) groups excluding carboxylic acids is 1. The largest absolute Gasteiger partial charge is 0.462 e. The SMILES string of the molecule is COC1CC(=O)OC(C)CC=CC=CC(O)C(C)CC(CCO)C(OC2OC(C)C(OC3CC(C)(O)C(O)C(C)O3)C(N(C)C)C2O)C1OC. The van der Waals surface area contributed by atoms with Crippen LogP contribution in [0.2, 0.25) is 0 Å². The van der Waals surface area contributed by atoms with Gasteiger partial charge >= 0.3 is 5.97 Å². The van der Waals surface area contributed by atoms with Crippen LogP contribution in [0.5, 0.6) is 0 Å². The van der Waals surface area contributed by atoms with Gasteiger partial charge in [0.25, 0.3) is 0 Å². The lowest BCUT2D eigenvalue weighted by Gasteiger charge is -2.50. The van der Waals surface area contributed by atoms with E-state index in [1.165, 1.54) is 21.1 Å². The molecule has 0 aromatic rings. The standard InChI is InChI=1S/C36H63NO13/c1-20-17-24(15-16-38)32(33(45-9)26(44-8)18-27(40)46-21(2)13-11-10-12-14-25(20)39)50-35-30(41)29(37(6)7)31(22(3)48-35)49-28-19-36(5,43)34(42)23(4)47-28/h10-12,14,20-26,28-35,38-39,41-43H,13,15-19H2,1-9H3. The molecule has 3 aliphatic heterocycles. The zero-order valence-corrected chi connectivity index (χ0v) is 31.2. The Morgan fingerprint density at radius 2 is 1.66 bits per heavy atom. The molecule has 0 aromatic heterocycles. The van der Waals surface area contributed by atoms with Gasteiger partial charge in [0.1, 0.15) is 30.5 Å². The van der Waals surface area contributed by atoms with Crippen molar-refractivity contribution in [1.29, 1.82) is 0 Å². The van der Waals surface area contributed by atoms with E-state index in [-0.39, 0.29) is 31.8 Å². The average molecular weight is 718 g/mol. The molecular formula is C36H63NO13. The first kappa shape index (κ1) is 42.9. The number of likely N-dealkylation sites (N-methyl/N-ethyl adjacent to an activating group) is 1. The van der Waals surface area contributed by atoms with Gasteiger partial charge in [0.05, 0.1) is 48.6 Å². The van der Waals surface area contributed by atoms with Crippen molar-refractivity contribution >= 4 is 5.97 Å². The lowest BCUT2D eigenvalue weighted by Crippen LogP contribution is -2.65. The number of rotatable bonds is 9. The number of esters is 1. The Labute approximate surface area is 297 Å². The molecule has 50 heavy (non-hydrogen) atoms. The highest BCUT2D eigenvalue weighted by molar-refractivity contribution is 5.70. The predicted molar refractivity (Wildman–Crippen MR) is 183 cm³/mol. The molecule has 16 unspecified atom stereocenters. The van der Waals surface area contributed by atoms with E-state index in [0.717, 1.165) is 0 Å². The second-order valence-corrected chi connectivity index (χ2v) is 14.6. The van der Waals surface area contributed by atoms with E-state index in [4.69, 9.17) is 33.2 Å². The number of aliphatic hydroxyl groups is 5. The summed E-state index contributed by atoms with van der Waals surface area (Å²) in [6, 6.07) is -0.670. The molecule has 290 valence electrons. The van der Waals surface area contributed by atoms with Crippen molar-refractivity contribution in [3.8, 4) is 0 Å². The Kier molecular flexibility index (Phi) is 16.7. The molecule has 0 radical (unpaired) electrons. The van der Waals surface area contributed by atoms with Gasteiger partial charge in [-0.15, -0.1) is 0 Å². The topological polar surface area (TPSA) is 186 Å². The van der Waals surface area contributed by atoms with Gasteiger partial charge < -0.3 is 63.6 Å². The summed E-state index contributed by atoms with van der Waals surface area (Å²) in [5.74, 6) is -1.19. The van der Waals surface area contributed by atoms with Crippen LogP contribution in [0.4, 0.5) is 0 Å². The quantitative estimate of drug-likeness (QED) is 0.215. The Bertz CT molecular complexity index is 1090. The minimum atomic E-state index is -1.44. The molecule has 0 spiro atoms.